The minimum absolute atomic E-state index is 0.0300. The number of morpholine rings is 1. The molecule has 1 aliphatic heterocycles. The van der Waals surface area contributed by atoms with Gasteiger partial charge in [0.2, 0.25) is 5.91 Å². The third-order valence-corrected chi connectivity index (χ3v) is 4.40. The van der Waals surface area contributed by atoms with Crippen molar-refractivity contribution in [3.8, 4) is 0 Å². The van der Waals surface area contributed by atoms with Crippen LogP contribution in [0.15, 0.2) is 47.1 Å². The van der Waals surface area contributed by atoms with E-state index in [2.05, 4.69) is 10.2 Å². The number of hydrogen-bond acceptors (Lipinski definition) is 5. The number of ether oxygens (including phenoxy) is 1. The second kappa shape index (κ2) is 8.29. The van der Waals surface area contributed by atoms with Crippen LogP contribution in [0.25, 0.3) is 0 Å². The zero-order chi connectivity index (χ0) is 17.6. The number of aliphatic hydroxyl groups is 1. The van der Waals surface area contributed by atoms with Crippen molar-refractivity contribution in [2.24, 2.45) is 0 Å². The Kier molecular flexibility index (Phi) is 5.86. The highest BCUT2D eigenvalue weighted by Gasteiger charge is 2.28. The van der Waals surface area contributed by atoms with E-state index in [0.717, 1.165) is 11.3 Å². The normalized spacial score (nSPS) is 19.5. The van der Waals surface area contributed by atoms with Crippen LogP contribution in [0.3, 0.4) is 0 Å². The monoisotopic (exact) mass is 344 g/mol. The highest BCUT2D eigenvalue weighted by atomic mass is 16.5. The first-order valence-corrected chi connectivity index (χ1v) is 8.51. The van der Waals surface area contributed by atoms with Gasteiger partial charge in [-0.1, -0.05) is 17.7 Å². The molecule has 1 aliphatic rings. The lowest BCUT2D eigenvalue weighted by molar-refractivity contribution is -0.120. The first-order chi connectivity index (χ1) is 12.1. The molecule has 1 amide bonds. The van der Waals surface area contributed by atoms with E-state index in [9.17, 15) is 9.90 Å². The predicted molar refractivity (Wildman–Crippen MR) is 94.3 cm³/mol. The van der Waals surface area contributed by atoms with Crippen molar-refractivity contribution < 1.29 is 19.1 Å². The summed E-state index contributed by atoms with van der Waals surface area (Å²) in [5.41, 5.74) is 1.94. The SMILES string of the molecule is Cc1ccc(NC(=O)CN2CCOCC2CC(O)c2ccco2)cc1. The van der Waals surface area contributed by atoms with Crippen LogP contribution in [-0.4, -0.2) is 48.3 Å². The summed E-state index contributed by atoms with van der Waals surface area (Å²) in [6, 6.07) is 11.2. The van der Waals surface area contributed by atoms with E-state index < -0.39 is 6.10 Å². The van der Waals surface area contributed by atoms with Crippen molar-refractivity contribution in [2.45, 2.75) is 25.5 Å². The highest BCUT2D eigenvalue weighted by molar-refractivity contribution is 5.92. The van der Waals surface area contributed by atoms with Gasteiger partial charge in [0.1, 0.15) is 11.9 Å². The molecule has 0 spiro atoms. The lowest BCUT2D eigenvalue weighted by Gasteiger charge is -2.35. The standard InChI is InChI=1S/C19H24N2O4/c1-14-4-6-15(7-5-14)20-19(23)12-21-8-10-24-13-16(21)11-17(22)18-3-2-9-25-18/h2-7,9,16-17,22H,8,10-13H2,1H3,(H,20,23). The average molecular weight is 344 g/mol. The van der Waals surface area contributed by atoms with Gasteiger partial charge in [0, 0.05) is 18.3 Å². The van der Waals surface area contributed by atoms with Crippen molar-refractivity contribution in [3.05, 3.63) is 54.0 Å². The Hall–Kier alpha value is -2.15. The number of nitrogens with zero attached hydrogens (tertiary/aromatic N) is 1. The molecule has 6 heteroatoms. The van der Waals surface area contributed by atoms with Gasteiger partial charge >= 0.3 is 0 Å². The van der Waals surface area contributed by atoms with Gasteiger partial charge in [-0.05, 0) is 37.6 Å². The molecule has 3 rings (SSSR count). The number of carbonyl (C=O) groups is 1. The highest BCUT2D eigenvalue weighted by Crippen LogP contribution is 2.23. The summed E-state index contributed by atoms with van der Waals surface area (Å²) in [6.45, 7) is 4.03. The van der Waals surface area contributed by atoms with Crippen molar-refractivity contribution in [1.82, 2.24) is 4.90 Å². The Morgan fingerprint density at radius 3 is 2.88 bits per heavy atom. The number of nitrogens with one attached hydrogen (secondary N) is 1. The van der Waals surface area contributed by atoms with E-state index in [1.807, 2.05) is 31.2 Å². The number of anilines is 1. The van der Waals surface area contributed by atoms with E-state index in [-0.39, 0.29) is 18.5 Å². The molecule has 0 saturated carbocycles. The molecule has 2 aromatic rings. The Balaban J connectivity index is 1.56. The molecular weight excluding hydrogens is 320 g/mol. The first-order valence-electron chi connectivity index (χ1n) is 8.51. The van der Waals surface area contributed by atoms with E-state index in [4.69, 9.17) is 9.15 Å². The average Bonchev–Trinajstić information content (AvgIpc) is 3.13. The van der Waals surface area contributed by atoms with Gasteiger partial charge in [-0.25, -0.2) is 0 Å². The van der Waals surface area contributed by atoms with Gasteiger partial charge in [0.15, 0.2) is 0 Å². The molecule has 2 atom stereocenters. The number of amides is 1. The number of hydrogen-bond donors (Lipinski definition) is 2. The van der Waals surface area contributed by atoms with E-state index in [0.29, 0.717) is 31.9 Å². The molecule has 0 bridgehead atoms. The lowest BCUT2D eigenvalue weighted by atomic mass is 10.1. The van der Waals surface area contributed by atoms with E-state index in [1.165, 1.54) is 0 Å². The van der Waals surface area contributed by atoms with Crippen LogP contribution < -0.4 is 5.32 Å². The summed E-state index contributed by atoms with van der Waals surface area (Å²) < 4.78 is 10.8. The number of aliphatic hydroxyl groups excluding tert-OH is 1. The summed E-state index contributed by atoms with van der Waals surface area (Å²) in [5.74, 6) is 0.470. The van der Waals surface area contributed by atoms with E-state index >= 15 is 0 Å². The van der Waals surface area contributed by atoms with Crippen LogP contribution in [0.1, 0.15) is 23.8 Å². The van der Waals surface area contributed by atoms with Gasteiger partial charge in [-0.3, -0.25) is 9.69 Å². The number of benzene rings is 1. The van der Waals surface area contributed by atoms with Crippen LogP contribution in [0.5, 0.6) is 0 Å². The third kappa shape index (κ3) is 4.92. The Bertz CT molecular complexity index is 669. The van der Waals surface area contributed by atoms with Crippen molar-refractivity contribution in [2.75, 3.05) is 31.6 Å². The predicted octanol–water partition coefficient (Wildman–Crippen LogP) is 2.35. The molecule has 2 N–H and O–H groups in total. The Morgan fingerprint density at radius 1 is 1.36 bits per heavy atom. The number of furan rings is 1. The van der Waals surface area contributed by atoms with Crippen LogP contribution >= 0.6 is 0 Å². The molecule has 25 heavy (non-hydrogen) atoms. The number of rotatable bonds is 6. The summed E-state index contributed by atoms with van der Waals surface area (Å²) in [7, 11) is 0. The van der Waals surface area contributed by atoms with Crippen LogP contribution in [-0.2, 0) is 9.53 Å². The quantitative estimate of drug-likeness (QED) is 0.841. The molecular formula is C19H24N2O4. The summed E-state index contributed by atoms with van der Waals surface area (Å²) in [6.07, 6.45) is 1.30. The van der Waals surface area contributed by atoms with Crippen molar-refractivity contribution in [3.63, 3.8) is 0 Å². The Labute approximate surface area is 147 Å². The molecule has 6 nitrogen and oxygen atoms in total. The van der Waals surface area contributed by atoms with Gasteiger partial charge in [-0.2, -0.15) is 0 Å². The minimum Gasteiger partial charge on any atom is -0.467 e. The maximum absolute atomic E-state index is 12.4. The van der Waals surface area contributed by atoms with Crippen LogP contribution in [0, 0.1) is 6.92 Å². The number of carbonyl (C=O) groups excluding carboxylic acids is 1. The summed E-state index contributed by atoms with van der Waals surface area (Å²) in [4.78, 5) is 14.4. The van der Waals surface area contributed by atoms with Gasteiger partial charge in [-0.15, -0.1) is 0 Å². The summed E-state index contributed by atoms with van der Waals surface area (Å²) >= 11 is 0. The molecule has 1 aromatic heterocycles. The van der Waals surface area contributed by atoms with Gasteiger partial charge in [0.25, 0.3) is 0 Å². The first kappa shape index (κ1) is 17.7. The lowest BCUT2D eigenvalue weighted by Crippen LogP contribution is -2.49. The molecule has 1 aromatic carbocycles. The molecule has 2 unspecified atom stereocenters. The fourth-order valence-corrected chi connectivity index (χ4v) is 2.99. The third-order valence-electron chi connectivity index (χ3n) is 4.40. The van der Waals surface area contributed by atoms with Gasteiger partial charge < -0.3 is 19.6 Å². The molecule has 134 valence electrons. The minimum atomic E-state index is -0.704. The Morgan fingerprint density at radius 2 is 2.16 bits per heavy atom. The zero-order valence-electron chi connectivity index (χ0n) is 14.4. The van der Waals surface area contributed by atoms with Crippen LogP contribution in [0.4, 0.5) is 5.69 Å². The molecule has 2 heterocycles. The largest absolute Gasteiger partial charge is 0.467 e. The van der Waals surface area contributed by atoms with Gasteiger partial charge in [0.05, 0.1) is 26.0 Å². The topological polar surface area (TPSA) is 74.9 Å². The fourth-order valence-electron chi connectivity index (χ4n) is 2.99. The maximum Gasteiger partial charge on any atom is 0.238 e. The summed E-state index contributed by atoms with van der Waals surface area (Å²) in [5, 5.41) is 13.2. The second-order valence-corrected chi connectivity index (χ2v) is 6.38. The molecule has 0 aliphatic carbocycles. The molecule has 1 saturated heterocycles. The second-order valence-electron chi connectivity index (χ2n) is 6.38. The maximum atomic E-state index is 12.4. The fraction of sp³-hybridized carbons (Fsp3) is 0.421. The molecule has 0 radical (unpaired) electrons. The number of aryl methyl sites for hydroxylation is 1. The zero-order valence-corrected chi connectivity index (χ0v) is 14.4. The van der Waals surface area contributed by atoms with Crippen molar-refractivity contribution in [1.29, 1.82) is 0 Å². The van der Waals surface area contributed by atoms with Crippen molar-refractivity contribution >= 4 is 11.6 Å². The van der Waals surface area contributed by atoms with Crippen LogP contribution in [0.2, 0.25) is 0 Å². The smallest absolute Gasteiger partial charge is 0.238 e. The van der Waals surface area contributed by atoms with E-state index in [1.54, 1.807) is 18.4 Å². The molecule has 1 fully saturated rings.